The van der Waals surface area contributed by atoms with E-state index in [1.165, 1.54) is 17.7 Å². The Bertz CT molecular complexity index is 268. The minimum absolute atomic E-state index is 0.612. The Morgan fingerprint density at radius 2 is 1.73 bits per heavy atom. The smallest absolute Gasteiger partial charge is 0.0395 e. The first kappa shape index (κ1) is 14.0. The lowest BCUT2D eigenvalue weighted by molar-refractivity contribution is 0.662. The summed E-state index contributed by atoms with van der Waals surface area (Å²) < 4.78 is 0. The number of anilines is 1. The maximum atomic E-state index is 2.34. The summed E-state index contributed by atoms with van der Waals surface area (Å²) >= 11 is 0. The molecule has 1 rings (SSSR count). The molecule has 1 unspecified atom stereocenters. The van der Waals surface area contributed by atoms with Crippen LogP contribution in [0.3, 0.4) is 0 Å². The van der Waals surface area contributed by atoms with Crippen LogP contribution in [0.4, 0.5) is 5.69 Å². The van der Waals surface area contributed by atoms with Crippen LogP contribution in [0, 0.1) is 6.92 Å². The lowest BCUT2D eigenvalue weighted by Gasteiger charge is -2.27. The van der Waals surface area contributed by atoms with E-state index < -0.39 is 0 Å². The van der Waals surface area contributed by atoms with Gasteiger partial charge in [-0.2, -0.15) is 0 Å². The van der Waals surface area contributed by atoms with Gasteiger partial charge in [-0.25, -0.2) is 0 Å². The van der Waals surface area contributed by atoms with Crippen LogP contribution in [-0.4, -0.2) is 13.1 Å². The monoisotopic (exact) mass is 207 g/mol. The number of benzene rings is 1. The van der Waals surface area contributed by atoms with E-state index in [4.69, 9.17) is 0 Å². The molecule has 0 saturated heterocycles. The van der Waals surface area contributed by atoms with Crippen LogP contribution in [0.1, 0.15) is 39.7 Å². The largest absolute Gasteiger partial charge is 0.372 e. The fraction of sp³-hybridized carbons (Fsp3) is 0.571. The molecule has 0 bridgehead atoms. The highest BCUT2D eigenvalue weighted by molar-refractivity contribution is 5.52. The third kappa shape index (κ3) is 3.94. The van der Waals surface area contributed by atoms with Crippen molar-refractivity contribution in [2.45, 2.75) is 47.1 Å². The topological polar surface area (TPSA) is 3.24 Å². The second-order valence-corrected chi connectivity index (χ2v) is 3.65. The van der Waals surface area contributed by atoms with Gasteiger partial charge >= 0.3 is 0 Å². The maximum absolute atomic E-state index is 2.34. The van der Waals surface area contributed by atoms with E-state index in [0.29, 0.717) is 6.04 Å². The first-order chi connectivity index (χ1) is 7.16. The van der Waals surface area contributed by atoms with Crippen molar-refractivity contribution in [2.24, 2.45) is 0 Å². The van der Waals surface area contributed by atoms with Crippen LogP contribution >= 0.6 is 0 Å². The standard InChI is InChI=1S/C12H19N.C2H6/c1-5-11(3)13(4)12-9-7-6-8-10(12)2;1-2/h6-9,11H,5H2,1-4H3;1-2H3. The second-order valence-electron chi connectivity index (χ2n) is 3.65. The lowest BCUT2D eigenvalue weighted by Crippen LogP contribution is -2.28. The van der Waals surface area contributed by atoms with Crippen molar-refractivity contribution in [1.82, 2.24) is 0 Å². The predicted molar refractivity (Wildman–Crippen MR) is 70.7 cm³/mol. The Morgan fingerprint density at radius 3 is 2.20 bits per heavy atom. The summed E-state index contributed by atoms with van der Waals surface area (Å²) in [7, 11) is 2.16. The van der Waals surface area contributed by atoms with E-state index in [2.05, 4.69) is 57.0 Å². The molecular formula is C14H25N. The normalized spacial score (nSPS) is 11.3. The molecule has 1 aromatic rings. The molecular weight excluding hydrogens is 182 g/mol. The van der Waals surface area contributed by atoms with Crippen molar-refractivity contribution in [3.05, 3.63) is 29.8 Å². The average molecular weight is 207 g/mol. The number of hydrogen-bond acceptors (Lipinski definition) is 1. The van der Waals surface area contributed by atoms with Crippen molar-refractivity contribution in [2.75, 3.05) is 11.9 Å². The third-order valence-electron chi connectivity index (χ3n) is 2.75. The highest BCUT2D eigenvalue weighted by Gasteiger charge is 2.08. The van der Waals surface area contributed by atoms with Crippen LogP contribution in [0.2, 0.25) is 0 Å². The average Bonchev–Trinajstić information content (AvgIpc) is 2.30. The van der Waals surface area contributed by atoms with Gasteiger partial charge in [0.1, 0.15) is 0 Å². The first-order valence-electron chi connectivity index (χ1n) is 5.95. The van der Waals surface area contributed by atoms with E-state index in [9.17, 15) is 0 Å². The number of nitrogens with zero attached hydrogens (tertiary/aromatic N) is 1. The van der Waals surface area contributed by atoms with Crippen molar-refractivity contribution in [1.29, 1.82) is 0 Å². The Balaban J connectivity index is 0.000000921. The summed E-state index contributed by atoms with van der Waals surface area (Å²) in [6.45, 7) is 10.6. The Hall–Kier alpha value is -0.980. The zero-order valence-electron chi connectivity index (χ0n) is 11.0. The van der Waals surface area contributed by atoms with Gasteiger partial charge in [0.2, 0.25) is 0 Å². The van der Waals surface area contributed by atoms with Gasteiger partial charge in [0.15, 0.2) is 0 Å². The van der Waals surface area contributed by atoms with Crippen molar-refractivity contribution in [3.8, 4) is 0 Å². The molecule has 0 N–H and O–H groups in total. The predicted octanol–water partition coefficient (Wildman–Crippen LogP) is 4.26. The molecule has 0 aromatic heterocycles. The molecule has 0 saturated carbocycles. The van der Waals surface area contributed by atoms with E-state index in [1.807, 2.05) is 13.8 Å². The molecule has 1 heteroatoms. The maximum Gasteiger partial charge on any atom is 0.0395 e. The SMILES string of the molecule is CC.CCC(C)N(C)c1ccccc1C. The van der Waals surface area contributed by atoms with Crippen LogP contribution in [-0.2, 0) is 0 Å². The van der Waals surface area contributed by atoms with Gasteiger partial charge in [0, 0.05) is 18.8 Å². The molecule has 0 amide bonds. The van der Waals surface area contributed by atoms with Gasteiger partial charge in [0.25, 0.3) is 0 Å². The highest BCUT2D eigenvalue weighted by atomic mass is 15.1. The van der Waals surface area contributed by atoms with Crippen LogP contribution in [0.5, 0.6) is 0 Å². The van der Waals surface area contributed by atoms with Crippen molar-refractivity contribution >= 4 is 5.69 Å². The van der Waals surface area contributed by atoms with Gasteiger partial charge in [-0.1, -0.05) is 39.0 Å². The summed E-state index contributed by atoms with van der Waals surface area (Å²) in [5.74, 6) is 0. The Kier molecular flexibility index (Phi) is 6.85. The summed E-state index contributed by atoms with van der Waals surface area (Å²) in [4.78, 5) is 2.34. The third-order valence-corrected chi connectivity index (χ3v) is 2.75. The van der Waals surface area contributed by atoms with E-state index in [1.54, 1.807) is 0 Å². The fourth-order valence-corrected chi connectivity index (χ4v) is 1.47. The first-order valence-corrected chi connectivity index (χ1v) is 5.95. The molecule has 1 atom stereocenters. The number of hydrogen-bond donors (Lipinski definition) is 0. The van der Waals surface area contributed by atoms with Crippen molar-refractivity contribution < 1.29 is 0 Å². The number of rotatable bonds is 3. The molecule has 0 aliphatic heterocycles. The summed E-state index contributed by atoms with van der Waals surface area (Å²) in [5.41, 5.74) is 2.70. The van der Waals surface area contributed by atoms with Crippen LogP contribution in [0.15, 0.2) is 24.3 Å². The summed E-state index contributed by atoms with van der Waals surface area (Å²) in [6, 6.07) is 9.14. The molecule has 0 aliphatic carbocycles. The Labute approximate surface area is 95.1 Å². The molecule has 0 aliphatic rings. The molecule has 15 heavy (non-hydrogen) atoms. The minimum atomic E-state index is 0.612. The summed E-state index contributed by atoms with van der Waals surface area (Å²) in [5, 5.41) is 0. The number of aryl methyl sites for hydroxylation is 1. The van der Waals surface area contributed by atoms with E-state index in [0.717, 1.165) is 0 Å². The van der Waals surface area contributed by atoms with Gasteiger partial charge < -0.3 is 4.90 Å². The molecule has 86 valence electrons. The van der Waals surface area contributed by atoms with Gasteiger partial charge in [-0.15, -0.1) is 0 Å². The molecule has 0 heterocycles. The molecule has 0 fully saturated rings. The Morgan fingerprint density at radius 1 is 1.20 bits per heavy atom. The van der Waals surface area contributed by atoms with Gasteiger partial charge in [0.05, 0.1) is 0 Å². The molecule has 1 aromatic carbocycles. The van der Waals surface area contributed by atoms with Crippen molar-refractivity contribution in [3.63, 3.8) is 0 Å². The minimum Gasteiger partial charge on any atom is -0.372 e. The summed E-state index contributed by atoms with van der Waals surface area (Å²) in [6.07, 6.45) is 1.19. The van der Waals surface area contributed by atoms with Crippen LogP contribution in [0.25, 0.3) is 0 Å². The second kappa shape index (κ2) is 7.33. The molecule has 0 radical (unpaired) electrons. The van der Waals surface area contributed by atoms with Gasteiger partial charge in [-0.3, -0.25) is 0 Å². The van der Waals surface area contributed by atoms with Crippen LogP contribution < -0.4 is 4.90 Å². The highest BCUT2D eigenvalue weighted by Crippen LogP contribution is 2.20. The van der Waals surface area contributed by atoms with E-state index in [-0.39, 0.29) is 0 Å². The number of para-hydroxylation sites is 1. The van der Waals surface area contributed by atoms with E-state index >= 15 is 0 Å². The van der Waals surface area contributed by atoms with Gasteiger partial charge in [-0.05, 0) is 31.9 Å². The molecule has 0 spiro atoms. The zero-order chi connectivity index (χ0) is 11.8. The lowest BCUT2D eigenvalue weighted by atomic mass is 10.1. The quantitative estimate of drug-likeness (QED) is 0.716. The molecule has 1 nitrogen and oxygen atoms in total. The zero-order valence-corrected chi connectivity index (χ0v) is 11.0. The fourth-order valence-electron chi connectivity index (χ4n) is 1.47.